The van der Waals surface area contributed by atoms with Gasteiger partial charge in [0.25, 0.3) is 0 Å². The van der Waals surface area contributed by atoms with Crippen molar-refractivity contribution in [3.8, 4) is 11.3 Å². The summed E-state index contributed by atoms with van der Waals surface area (Å²) >= 11 is 0. The lowest BCUT2D eigenvalue weighted by Crippen LogP contribution is -2.39. The van der Waals surface area contributed by atoms with Gasteiger partial charge in [-0.05, 0) is 81.6 Å². The molecule has 2 aliphatic carbocycles. The van der Waals surface area contributed by atoms with Gasteiger partial charge in [-0.1, -0.05) is 18.6 Å². The Bertz CT molecular complexity index is 765. The number of hydrogen-bond acceptors (Lipinski definition) is 4. The number of carbonyl (C=O) groups excluding carboxylic acids is 1. The van der Waals surface area contributed by atoms with Crippen molar-refractivity contribution in [2.24, 2.45) is 5.92 Å². The van der Waals surface area contributed by atoms with E-state index in [1.807, 2.05) is 6.26 Å². The van der Waals surface area contributed by atoms with E-state index >= 15 is 0 Å². The molecule has 4 aliphatic rings. The second-order valence-corrected chi connectivity index (χ2v) is 9.04. The first-order valence-corrected chi connectivity index (χ1v) is 11.7. The summed E-state index contributed by atoms with van der Waals surface area (Å²) in [7, 11) is 1.64. The van der Waals surface area contributed by atoms with Crippen molar-refractivity contribution in [1.82, 2.24) is 10.2 Å². The summed E-state index contributed by atoms with van der Waals surface area (Å²) in [6.45, 7) is 2.88. The molecule has 0 aromatic rings. The monoisotopic (exact) mass is 412 g/mol. The molecule has 2 fully saturated rings. The first-order chi connectivity index (χ1) is 14.7. The Balaban J connectivity index is 1.27. The lowest BCUT2D eigenvalue weighted by molar-refractivity contribution is -0.122. The molecule has 2 aliphatic heterocycles. The van der Waals surface area contributed by atoms with Crippen LogP contribution in [0.15, 0.2) is 34.9 Å². The van der Waals surface area contributed by atoms with Crippen molar-refractivity contribution < 1.29 is 13.9 Å². The van der Waals surface area contributed by atoms with Gasteiger partial charge in [-0.3, -0.25) is 9.69 Å². The molecule has 0 aromatic heterocycles. The normalized spacial score (nSPS) is 25.4. The van der Waals surface area contributed by atoms with Gasteiger partial charge in [-0.25, -0.2) is 0 Å². The molecule has 5 nitrogen and oxygen atoms in total. The Morgan fingerprint density at radius 1 is 1.17 bits per heavy atom. The number of likely N-dealkylation sites (tertiary alicyclic amines) is 1. The highest BCUT2D eigenvalue weighted by Crippen LogP contribution is 2.39. The summed E-state index contributed by atoms with van der Waals surface area (Å²) in [6.07, 6.45) is 12.1. The van der Waals surface area contributed by atoms with Gasteiger partial charge in [0, 0.05) is 31.2 Å². The zero-order valence-electron chi connectivity index (χ0n) is 18.3. The van der Waals surface area contributed by atoms with Crippen molar-refractivity contribution in [2.45, 2.75) is 69.9 Å². The van der Waals surface area contributed by atoms with E-state index in [-0.39, 0.29) is 5.91 Å². The number of fused-ring (bicyclic) bond motifs is 1. The van der Waals surface area contributed by atoms with E-state index in [4.69, 9.17) is 9.15 Å². The Labute approximate surface area is 180 Å². The lowest BCUT2D eigenvalue weighted by Gasteiger charge is -2.38. The molecule has 1 saturated carbocycles. The minimum absolute atomic E-state index is 0.130. The molecule has 2 heterocycles. The molecule has 30 heavy (non-hydrogen) atoms. The fourth-order valence-electron chi connectivity index (χ4n) is 5.36. The maximum Gasteiger partial charge on any atom is 0.222 e. The molecule has 1 atom stereocenters. The van der Waals surface area contributed by atoms with E-state index in [1.165, 1.54) is 62.7 Å². The lowest BCUT2D eigenvalue weighted by atomic mass is 9.83. The number of ether oxygens (including phenoxy) is 1. The van der Waals surface area contributed by atoms with Crippen LogP contribution in [0.2, 0.25) is 0 Å². The van der Waals surface area contributed by atoms with Gasteiger partial charge in [-0.15, -0.1) is 0 Å². The van der Waals surface area contributed by atoms with Crippen LogP contribution in [0.5, 0.6) is 0 Å². The first kappa shape index (κ1) is 21.4. The predicted octanol–water partition coefficient (Wildman–Crippen LogP) is 5.01. The van der Waals surface area contributed by atoms with Gasteiger partial charge in [0.1, 0.15) is 5.76 Å². The van der Waals surface area contributed by atoms with Crippen molar-refractivity contribution in [1.29, 1.82) is 0 Å². The topological polar surface area (TPSA) is 54.7 Å². The van der Waals surface area contributed by atoms with Crippen LogP contribution in [0.1, 0.15) is 69.4 Å². The second kappa shape index (κ2) is 10.5. The third-order valence-corrected chi connectivity index (χ3v) is 7.07. The Morgan fingerprint density at radius 3 is 2.87 bits per heavy atom. The van der Waals surface area contributed by atoms with E-state index in [0.29, 0.717) is 25.1 Å². The number of methoxy groups -OCH3 is 1. The van der Waals surface area contributed by atoms with Crippen LogP contribution in [-0.2, 0) is 9.53 Å². The number of amides is 1. The smallest absolute Gasteiger partial charge is 0.222 e. The van der Waals surface area contributed by atoms with Crippen LogP contribution >= 0.6 is 0 Å². The van der Waals surface area contributed by atoms with Gasteiger partial charge in [-0.2, -0.15) is 0 Å². The van der Waals surface area contributed by atoms with Gasteiger partial charge in [0.05, 0.1) is 12.9 Å². The molecule has 1 saturated heterocycles. The summed E-state index contributed by atoms with van der Waals surface area (Å²) in [5, 5.41) is 3.18. The van der Waals surface area contributed by atoms with Crippen LogP contribution in [0, 0.1) is 5.92 Å². The Hall–Kier alpha value is -1.85. The average Bonchev–Trinajstić information content (AvgIpc) is 3.26. The molecule has 5 heteroatoms. The maximum absolute atomic E-state index is 11.9. The molecule has 1 N–H and O–H groups in total. The van der Waals surface area contributed by atoms with Crippen LogP contribution in [0.4, 0.5) is 0 Å². The minimum Gasteiger partial charge on any atom is -0.464 e. The van der Waals surface area contributed by atoms with Crippen molar-refractivity contribution in [3.05, 3.63) is 36.1 Å². The van der Waals surface area contributed by atoms with Crippen LogP contribution in [0.25, 0.3) is 11.3 Å². The summed E-state index contributed by atoms with van der Waals surface area (Å²) < 4.78 is 10.7. The second-order valence-electron chi connectivity index (χ2n) is 9.04. The highest BCUT2D eigenvalue weighted by Gasteiger charge is 2.29. The van der Waals surface area contributed by atoms with Crippen LogP contribution in [0.3, 0.4) is 0 Å². The zero-order chi connectivity index (χ0) is 20.8. The van der Waals surface area contributed by atoms with E-state index in [1.54, 1.807) is 7.11 Å². The molecule has 164 valence electrons. The molecular formula is C25H36N2O3. The van der Waals surface area contributed by atoms with Gasteiger partial charge in [0.15, 0.2) is 0 Å². The quantitative estimate of drug-likeness (QED) is 0.662. The van der Waals surface area contributed by atoms with E-state index in [0.717, 1.165) is 24.5 Å². The molecular weight excluding hydrogens is 376 g/mol. The molecule has 0 bridgehead atoms. The highest BCUT2D eigenvalue weighted by molar-refractivity contribution is 5.76. The standard InChI is InChI=1S/C25H36N2O3/c1-29-17-14-25(28)26-20-10-8-19(9-11-20)12-16-27-15-3-2-6-23(27)21-13-18-30-24-7-4-5-22(21)24/h4-5,7,13,18-20,23H,2-3,6,8-12,14-17H2,1H3,(H,26,28). The average molecular weight is 413 g/mol. The third kappa shape index (κ3) is 5.25. The summed E-state index contributed by atoms with van der Waals surface area (Å²) in [5.41, 5.74) is 2.71. The summed E-state index contributed by atoms with van der Waals surface area (Å²) in [6, 6.07) is 9.41. The zero-order valence-corrected chi connectivity index (χ0v) is 18.3. The van der Waals surface area contributed by atoms with E-state index < -0.39 is 0 Å². The van der Waals surface area contributed by atoms with Gasteiger partial charge < -0.3 is 14.5 Å². The Kier molecular flexibility index (Phi) is 7.45. The summed E-state index contributed by atoms with van der Waals surface area (Å²) in [5.74, 6) is 1.91. The van der Waals surface area contributed by atoms with Crippen molar-refractivity contribution in [2.75, 3.05) is 26.8 Å². The number of carbonyl (C=O) groups is 1. The van der Waals surface area contributed by atoms with Crippen molar-refractivity contribution >= 4 is 5.91 Å². The molecule has 1 unspecified atom stereocenters. The third-order valence-electron chi connectivity index (χ3n) is 7.07. The van der Waals surface area contributed by atoms with E-state index in [2.05, 4.69) is 34.5 Å². The van der Waals surface area contributed by atoms with Gasteiger partial charge in [0.2, 0.25) is 5.91 Å². The first-order valence-electron chi connectivity index (χ1n) is 11.7. The fourth-order valence-corrected chi connectivity index (χ4v) is 5.36. The number of hydrogen-bond donors (Lipinski definition) is 1. The molecule has 0 spiro atoms. The molecule has 0 radical (unpaired) electrons. The van der Waals surface area contributed by atoms with Crippen molar-refractivity contribution in [3.63, 3.8) is 0 Å². The highest BCUT2D eigenvalue weighted by atomic mass is 16.5. The predicted molar refractivity (Wildman–Crippen MR) is 118 cm³/mol. The maximum atomic E-state index is 11.9. The Morgan fingerprint density at radius 2 is 2.03 bits per heavy atom. The molecule has 4 rings (SSSR count). The van der Waals surface area contributed by atoms with E-state index in [9.17, 15) is 4.79 Å². The molecule has 0 aromatic carbocycles. The summed E-state index contributed by atoms with van der Waals surface area (Å²) in [4.78, 5) is 14.6. The van der Waals surface area contributed by atoms with Crippen LogP contribution < -0.4 is 5.32 Å². The number of piperidine rings is 1. The number of rotatable bonds is 8. The number of nitrogens with one attached hydrogen (secondary N) is 1. The van der Waals surface area contributed by atoms with Crippen LogP contribution in [-0.4, -0.2) is 43.7 Å². The largest absolute Gasteiger partial charge is 0.464 e. The minimum atomic E-state index is 0.130. The molecule has 1 amide bonds. The SMILES string of the molecule is COCCC(=O)NC1CCC(CCN2CCCCC2c2ccoc3cccc2-3)CC1. The number of nitrogens with zero attached hydrogens (tertiary/aromatic N) is 1. The van der Waals surface area contributed by atoms with Gasteiger partial charge >= 0.3 is 0 Å². The fraction of sp³-hybridized carbons (Fsp3) is 0.640.